The van der Waals surface area contributed by atoms with Gasteiger partial charge in [0.2, 0.25) is 0 Å². The molecule has 2 aliphatic heterocycles. The average molecular weight is 533 g/mol. The van der Waals surface area contributed by atoms with E-state index in [0.29, 0.717) is 4.91 Å². The van der Waals surface area contributed by atoms with E-state index in [9.17, 15) is 4.79 Å². The highest BCUT2D eigenvalue weighted by Crippen LogP contribution is 2.34. The fourth-order valence-corrected chi connectivity index (χ4v) is 6.40. The number of thioether (sulfide) groups is 2. The Morgan fingerprint density at radius 3 is 2.51 bits per heavy atom. The summed E-state index contributed by atoms with van der Waals surface area (Å²) in [4.78, 5) is 21.3. The lowest BCUT2D eigenvalue weighted by Crippen LogP contribution is -2.47. The average Bonchev–Trinajstić information content (AvgIpc) is 3.48. The zero-order valence-corrected chi connectivity index (χ0v) is 23.1. The smallest absolute Gasteiger partial charge is 0.286 e. The molecule has 1 amide bonds. The van der Waals surface area contributed by atoms with Crippen molar-refractivity contribution in [1.82, 2.24) is 14.7 Å². The summed E-state index contributed by atoms with van der Waals surface area (Å²) >= 11 is 3.32. The number of carbonyl (C=O) groups excluding carboxylic acids is 1. The monoisotopic (exact) mass is 532 g/mol. The Labute approximate surface area is 227 Å². The van der Waals surface area contributed by atoms with Crippen molar-refractivity contribution in [2.45, 2.75) is 50.7 Å². The van der Waals surface area contributed by atoms with Crippen LogP contribution < -0.4 is 0 Å². The number of aromatic nitrogens is 2. The molecule has 2 aliphatic rings. The molecule has 2 atom stereocenters. The third kappa shape index (κ3) is 6.20. The molecule has 3 heterocycles. The number of rotatable bonds is 7. The first kappa shape index (κ1) is 25.8. The topological polar surface area (TPSA) is 59.7 Å². The van der Waals surface area contributed by atoms with Crippen LogP contribution in [0.3, 0.4) is 0 Å². The largest absolute Gasteiger partial charge is 0.372 e. The quantitative estimate of drug-likeness (QED) is 0.196. The number of amidine groups is 1. The van der Waals surface area contributed by atoms with Crippen LogP contribution in [0, 0.1) is 0 Å². The second kappa shape index (κ2) is 11.7. The molecule has 0 unspecified atom stereocenters. The van der Waals surface area contributed by atoms with Crippen molar-refractivity contribution in [2.24, 2.45) is 4.99 Å². The number of para-hydroxylation sites is 1. The SMILES string of the molecule is CCCCSc1ccc(-c2nn(-c3ccccc3)cc2/C=C2\SC(N3C[C@@H](C)O[C@H](C)C3)=NC2=O)cc1. The molecule has 1 fully saturated rings. The first-order chi connectivity index (χ1) is 18.0. The zero-order chi connectivity index (χ0) is 25.8. The Morgan fingerprint density at radius 2 is 1.81 bits per heavy atom. The van der Waals surface area contributed by atoms with E-state index in [2.05, 4.69) is 54.9 Å². The van der Waals surface area contributed by atoms with Gasteiger partial charge >= 0.3 is 0 Å². The Kier molecular flexibility index (Phi) is 8.17. The number of hydrogen-bond acceptors (Lipinski definition) is 6. The summed E-state index contributed by atoms with van der Waals surface area (Å²) in [5.74, 6) is 0.922. The van der Waals surface area contributed by atoms with Crippen molar-refractivity contribution >= 4 is 40.7 Å². The van der Waals surface area contributed by atoms with Crippen molar-refractivity contribution in [3.05, 3.63) is 71.3 Å². The highest BCUT2D eigenvalue weighted by molar-refractivity contribution is 8.18. The molecule has 1 saturated heterocycles. The molecule has 0 N–H and O–H groups in total. The third-order valence-corrected chi connectivity index (χ3v) is 8.39. The zero-order valence-electron chi connectivity index (χ0n) is 21.5. The van der Waals surface area contributed by atoms with Crippen molar-refractivity contribution in [3.8, 4) is 16.9 Å². The normalized spacial score (nSPS) is 21.1. The van der Waals surface area contributed by atoms with Crippen LogP contribution in [0.25, 0.3) is 23.0 Å². The van der Waals surface area contributed by atoms with Gasteiger partial charge in [0.1, 0.15) is 0 Å². The van der Waals surface area contributed by atoms with Crippen molar-refractivity contribution in [3.63, 3.8) is 0 Å². The maximum absolute atomic E-state index is 12.9. The van der Waals surface area contributed by atoms with Crippen molar-refractivity contribution < 1.29 is 9.53 Å². The summed E-state index contributed by atoms with van der Waals surface area (Å²) in [6.07, 6.45) is 6.55. The van der Waals surface area contributed by atoms with Gasteiger partial charge in [0.25, 0.3) is 5.91 Å². The number of unbranched alkanes of at least 4 members (excludes halogenated alkanes) is 1. The van der Waals surface area contributed by atoms with E-state index in [4.69, 9.17) is 9.84 Å². The number of aliphatic imine (C=N–C) groups is 1. The van der Waals surface area contributed by atoms with Gasteiger partial charge in [0.05, 0.1) is 28.5 Å². The minimum Gasteiger partial charge on any atom is -0.372 e. The van der Waals surface area contributed by atoms with E-state index in [1.165, 1.54) is 29.5 Å². The Balaban J connectivity index is 1.44. The minimum atomic E-state index is -0.201. The van der Waals surface area contributed by atoms with Gasteiger partial charge < -0.3 is 9.64 Å². The number of carbonyl (C=O) groups is 1. The maximum atomic E-state index is 12.9. The van der Waals surface area contributed by atoms with Crippen molar-refractivity contribution in [1.29, 1.82) is 0 Å². The first-order valence-corrected chi connectivity index (χ1v) is 14.6. The first-order valence-electron chi connectivity index (χ1n) is 12.8. The second-order valence-corrected chi connectivity index (χ2v) is 11.6. The maximum Gasteiger partial charge on any atom is 0.286 e. The van der Waals surface area contributed by atoms with Crippen LogP contribution in [0.5, 0.6) is 0 Å². The highest BCUT2D eigenvalue weighted by Gasteiger charge is 2.31. The predicted molar refractivity (Wildman–Crippen MR) is 154 cm³/mol. The number of morpholine rings is 1. The predicted octanol–water partition coefficient (Wildman–Crippen LogP) is 6.51. The Bertz CT molecular complexity index is 1290. The second-order valence-electron chi connectivity index (χ2n) is 9.41. The number of amides is 1. The van der Waals surface area contributed by atoms with E-state index in [1.54, 1.807) is 0 Å². The molecule has 0 aliphatic carbocycles. The van der Waals surface area contributed by atoms with Crippen LogP contribution in [0.4, 0.5) is 0 Å². The van der Waals surface area contributed by atoms with Gasteiger partial charge in [-0.2, -0.15) is 10.1 Å². The number of nitrogens with zero attached hydrogens (tertiary/aromatic N) is 4. The lowest BCUT2D eigenvalue weighted by Gasteiger charge is -2.35. The molecular weight excluding hydrogens is 500 g/mol. The fraction of sp³-hybridized carbons (Fsp3) is 0.345. The van der Waals surface area contributed by atoms with Crippen LogP contribution in [-0.2, 0) is 9.53 Å². The molecule has 0 saturated carbocycles. The standard InChI is InChI=1S/C29H32N4O2S2/c1-4-5-15-36-25-13-11-22(12-14-25)27-23(19-33(31-27)24-9-7-6-8-10-24)16-26-28(34)30-29(37-26)32-17-20(2)35-21(3)18-32/h6-14,16,19-21H,4-5,15,17-18H2,1-3H3/b26-16-/t20-,21-/m1/s1. The highest BCUT2D eigenvalue weighted by atomic mass is 32.2. The lowest BCUT2D eigenvalue weighted by atomic mass is 10.1. The van der Waals surface area contributed by atoms with Gasteiger partial charge in [0, 0.05) is 35.3 Å². The number of benzene rings is 2. The molecule has 0 spiro atoms. The van der Waals surface area contributed by atoms with Gasteiger partial charge in [0.15, 0.2) is 5.17 Å². The third-order valence-electron chi connectivity index (χ3n) is 6.24. The van der Waals surface area contributed by atoms with Crippen LogP contribution in [0.2, 0.25) is 0 Å². The summed E-state index contributed by atoms with van der Waals surface area (Å²) < 4.78 is 7.73. The number of ether oxygens (including phenoxy) is 1. The van der Waals surface area contributed by atoms with Gasteiger partial charge in [-0.05, 0) is 68.1 Å². The Morgan fingerprint density at radius 1 is 1.08 bits per heavy atom. The van der Waals surface area contributed by atoms with Gasteiger partial charge in [-0.15, -0.1) is 11.8 Å². The van der Waals surface area contributed by atoms with Gasteiger partial charge in [-0.1, -0.05) is 43.7 Å². The van der Waals surface area contributed by atoms with E-state index >= 15 is 0 Å². The molecule has 0 bridgehead atoms. The summed E-state index contributed by atoms with van der Waals surface area (Å²) in [6.45, 7) is 7.79. The van der Waals surface area contributed by atoms with Crippen LogP contribution in [0.15, 0.2) is 75.6 Å². The molecular formula is C29H32N4O2S2. The minimum absolute atomic E-state index is 0.106. The molecule has 3 aromatic rings. The Hall–Kier alpha value is -2.81. The van der Waals surface area contributed by atoms with Gasteiger partial charge in [-0.3, -0.25) is 4.79 Å². The van der Waals surface area contributed by atoms with E-state index in [0.717, 1.165) is 46.5 Å². The molecule has 37 heavy (non-hydrogen) atoms. The van der Waals surface area contributed by atoms with E-state index in [-0.39, 0.29) is 18.1 Å². The summed E-state index contributed by atoms with van der Waals surface area (Å²) in [5, 5.41) is 5.69. The van der Waals surface area contributed by atoms with Crippen molar-refractivity contribution in [2.75, 3.05) is 18.8 Å². The summed E-state index contributed by atoms with van der Waals surface area (Å²) in [5.41, 5.74) is 3.73. The van der Waals surface area contributed by atoms with E-state index in [1.807, 2.05) is 59.0 Å². The number of hydrogen-bond donors (Lipinski definition) is 0. The summed E-state index contributed by atoms with van der Waals surface area (Å²) in [6, 6.07) is 18.6. The molecule has 2 aromatic carbocycles. The van der Waals surface area contributed by atoms with Crippen LogP contribution in [0.1, 0.15) is 39.2 Å². The fourth-order valence-electron chi connectivity index (χ4n) is 4.48. The molecule has 5 rings (SSSR count). The molecule has 192 valence electrons. The summed E-state index contributed by atoms with van der Waals surface area (Å²) in [7, 11) is 0. The molecule has 6 nitrogen and oxygen atoms in total. The lowest BCUT2D eigenvalue weighted by molar-refractivity contribution is -0.113. The molecule has 0 radical (unpaired) electrons. The van der Waals surface area contributed by atoms with Crippen LogP contribution >= 0.6 is 23.5 Å². The molecule has 8 heteroatoms. The molecule has 1 aromatic heterocycles. The van der Waals surface area contributed by atoms with Crippen LogP contribution in [-0.4, -0.2) is 56.8 Å². The van der Waals surface area contributed by atoms with Gasteiger partial charge in [-0.25, -0.2) is 4.68 Å². The van der Waals surface area contributed by atoms with E-state index < -0.39 is 0 Å².